The van der Waals surface area contributed by atoms with Crippen molar-refractivity contribution in [3.05, 3.63) is 41.1 Å². The molecule has 1 atom stereocenters. The van der Waals surface area contributed by atoms with Gasteiger partial charge in [0.25, 0.3) is 0 Å². The van der Waals surface area contributed by atoms with E-state index in [-0.39, 0.29) is 5.78 Å². The zero-order valence-corrected chi connectivity index (χ0v) is 7.58. The lowest BCUT2D eigenvalue weighted by Crippen LogP contribution is -2.27. The summed E-state index contributed by atoms with van der Waals surface area (Å²) in [4.78, 5) is 15.7. The number of rotatable bonds is 4. The number of carbonyl (C=O) groups excluding carboxylic acids is 1. The van der Waals surface area contributed by atoms with Gasteiger partial charge in [-0.2, -0.15) is 0 Å². The fourth-order valence-electron chi connectivity index (χ4n) is 1.02. The van der Waals surface area contributed by atoms with Gasteiger partial charge in [0.15, 0.2) is 5.78 Å². The molecule has 0 bridgehead atoms. The van der Waals surface area contributed by atoms with Crippen LogP contribution in [0.4, 0.5) is 0 Å². The quantitative estimate of drug-likeness (QED) is 0.581. The average Bonchev–Trinajstić information content (AvgIpc) is 2.17. The van der Waals surface area contributed by atoms with E-state index < -0.39 is 11.5 Å². The van der Waals surface area contributed by atoms with Crippen LogP contribution in [-0.2, 0) is 4.84 Å². The van der Waals surface area contributed by atoms with Crippen LogP contribution in [0.25, 0.3) is 0 Å². The first kappa shape index (κ1) is 10.8. The number of carbonyl (C=O) groups is 1. The molecule has 0 aromatic heterocycles. The van der Waals surface area contributed by atoms with Crippen molar-refractivity contribution in [1.29, 1.82) is 0 Å². The molecule has 5 heteroatoms. The molecule has 0 amide bonds. The van der Waals surface area contributed by atoms with Crippen LogP contribution in [0.15, 0.2) is 30.3 Å². The molecule has 0 saturated heterocycles. The minimum absolute atomic E-state index is 0.361. The molecule has 1 aromatic carbocycles. The van der Waals surface area contributed by atoms with Crippen molar-refractivity contribution in [1.82, 2.24) is 5.39 Å². The van der Waals surface area contributed by atoms with Gasteiger partial charge in [0.2, 0.25) is 0 Å². The van der Waals surface area contributed by atoms with Gasteiger partial charge in [0, 0.05) is 5.56 Å². The fourth-order valence-corrected chi connectivity index (χ4v) is 1.02. The smallest absolute Gasteiger partial charge is 0.193 e. The molecule has 0 heterocycles. The molecule has 1 unspecified atom stereocenters. The highest BCUT2D eigenvalue weighted by atomic mass is 17.1. The Morgan fingerprint density at radius 2 is 2.07 bits per heavy atom. The summed E-state index contributed by atoms with van der Waals surface area (Å²) in [7, 11) is 0. The van der Waals surface area contributed by atoms with Crippen LogP contribution < -0.4 is 0 Å². The van der Waals surface area contributed by atoms with Crippen LogP contribution in [-0.4, -0.2) is 22.5 Å². The first-order chi connectivity index (χ1) is 6.61. The van der Waals surface area contributed by atoms with Crippen LogP contribution in [0.2, 0.25) is 0 Å². The molecule has 0 fully saturated rings. The molecule has 0 aliphatic carbocycles. The normalized spacial score (nSPS) is 12.9. The fraction of sp³-hybridized carbons (Fsp3) is 0.222. The van der Waals surface area contributed by atoms with Crippen molar-refractivity contribution in [3.63, 3.8) is 0 Å². The summed E-state index contributed by atoms with van der Waals surface area (Å²) in [6, 6.07) is 8.39. The van der Waals surface area contributed by atoms with E-state index in [9.17, 15) is 10.0 Å². The Bertz CT molecular complexity index is 299. The topological polar surface area (TPSA) is 72.8 Å². The van der Waals surface area contributed by atoms with Crippen molar-refractivity contribution in [2.24, 2.45) is 0 Å². The first-order valence-electron chi connectivity index (χ1n) is 4.03. The Morgan fingerprint density at radius 1 is 1.50 bits per heavy atom. The van der Waals surface area contributed by atoms with Gasteiger partial charge < -0.3 is 10.4 Å². The predicted molar refractivity (Wildman–Crippen MR) is 48.3 cm³/mol. The summed E-state index contributed by atoms with van der Waals surface area (Å²) in [5, 5.41) is 17.6. The third-order valence-corrected chi connectivity index (χ3v) is 1.68. The maximum Gasteiger partial charge on any atom is 0.193 e. The standard InChI is InChI=1S/C9H10NO4/c1-7(14-10(12)13)9(11)8-5-3-2-4-6-8/h2-7,12H,1H3/q-1. The van der Waals surface area contributed by atoms with Gasteiger partial charge in [0.1, 0.15) is 6.10 Å². The van der Waals surface area contributed by atoms with Crippen LogP contribution in [0, 0.1) is 5.21 Å². The lowest BCUT2D eigenvalue weighted by Gasteiger charge is -2.22. The molecule has 0 aliphatic rings. The van der Waals surface area contributed by atoms with Gasteiger partial charge in [-0.05, 0) is 6.92 Å². The van der Waals surface area contributed by atoms with Gasteiger partial charge >= 0.3 is 0 Å². The zero-order valence-electron chi connectivity index (χ0n) is 7.58. The molecule has 76 valence electrons. The molecular weight excluding hydrogens is 186 g/mol. The monoisotopic (exact) mass is 196 g/mol. The molecule has 5 nitrogen and oxygen atoms in total. The van der Waals surface area contributed by atoms with E-state index in [4.69, 9.17) is 5.21 Å². The average molecular weight is 196 g/mol. The number of Topliss-reactive ketones (excluding diaryl/α,β-unsaturated/α-hetero) is 1. The number of benzene rings is 1. The molecule has 1 aromatic rings. The van der Waals surface area contributed by atoms with Crippen molar-refractivity contribution < 1.29 is 14.8 Å². The van der Waals surface area contributed by atoms with E-state index in [2.05, 4.69) is 4.84 Å². The van der Waals surface area contributed by atoms with Crippen LogP contribution in [0.1, 0.15) is 17.3 Å². The molecule has 0 aliphatic heterocycles. The second-order valence-electron chi connectivity index (χ2n) is 2.72. The van der Waals surface area contributed by atoms with Crippen molar-refractivity contribution in [2.75, 3.05) is 0 Å². The summed E-state index contributed by atoms with van der Waals surface area (Å²) in [5.41, 5.74) is 0.432. The Kier molecular flexibility index (Phi) is 3.73. The maximum absolute atomic E-state index is 11.5. The third kappa shape index (κ3) is 2.90. The molecule has 0 radical (unpaired) electrons. The van der Waals surface area contributed by atoms with E-state index in [0.717, 1.165) is 0 Å². The number of nitrogens with zero attached hydrogens (tertiary/aromatic N) is 1. The highest BCUT2D eigenvalue weighted by Crippen LogP contribution is 2.06. The van der Waals surface area contributed by atoms with E-state index in [1.165, 1.54) is 6.92 Å². The van der Waals surface area contributed by atoms with E-state index in [0.29, 0.717) is 5.56 Å². The molecule has 0 saturated carbocycles. The molecule has 0 spiro atoms. The Morgan fingerprint density at radius 3 is 2.57 bits per heavy atom. The summed E-state index contributed by atoms with van der Waals surface area (Å²) in [6.07, 6.45) is -1.00. The Balaban J connectivity index is 2.66. The predicted octanol–water partition coefficient (Wildman–Crippen LogP) is 1.38. The van der Waals surface area contributed by atoms with Crippen LogP contribution >= 0.6 is 0 Å². The minimum atomic E-state index is -1.00. The largest absolute Gasteiger partial charge is 0.738 e. The Labute approximate surface area is 81.0 Å². The van der Waals surface area contributed by atoms with Gasteiger partial charge in [-0.25, -0.2) is 0 Å². The van der Waals surface area contributed by atoms with Gasteiger partial charge in [0.05, 0.1) is 0 Å². The van der Waals surface area contributed by atoms with Gasteiger partial charge in [-0.1, -0.05) is 30.3 Å². The number of ketones is 1. The van der Waals surface area contributed by atoms with E-state index in [1.54, 1.807) is 30.3 Å². The summed E-state index contributed by atoms with van der Waals surface area (Å²) in [6.45, 7) is 1.39. The lowest BCUT2D eigenvalue weighted by atomic mass is 10.1. The van der Waals surface area contributed by atoms with E-state index >= 15 is 0 Å². The SMILES string of the molecule is CC(ON([O-])O)C(=O)c1ccccc1. The highest BCUT2D eigenvalue weighted by molar-refractivity contribution is 5.99. The minimum Gasteiger partial charge on any atom is -0.738 e. The number of hydrogen-bond donors (Lipinski definition) is 1. The van der Waals surface area contributed by atoms with Crippen molar-refractivity contribution >= 4 is 5.78 Å². The van der Waals surface area contributed by atoms with E-state index in [1.807, 2.05) is 0 Å². The van der Waals surface area contributed by atoms with Crippen molar-refractivity contribution in [3.8, 4) is 0 Å². The van der Waals surface area contributed by atoms with Gasteiger partial charge in [-0.3, -0.25) is 9.63 Å². The zero-order chi connectivity index (χ0) is 10.6. The van der Waals surface area contributed by atoms with Gasteiger partial charge in [-0.15, -0.1) is 5.39 Å². The van der Waals surface area contributed by atoms with Crippen LogP contribution in [0.3, 0.4) is 0 Å². The number of hydrogen-bond acceptors (Lipinski definition) is 5. The summed E-state index contributed by atoms with van der Waals surface area (Å²) in [5.74, 6) is -0.361. The lowest BCUT2D eigenvalue weighted by molar-refractivity contribution is -0.315. The molecule has 1 rings (SSSR count). The highest BCUT2D eigenvalue weighted by Gasteiger charge is 2.15. The second-order valence-corrected chi connectivity index (χ2v) is 2.72. The third-order valence-electron chi connectivity index (χ3n) is 1.68. The molecular formula is C9H10NO4-. The Hall–Kier alpha value is -1.27. The summed E-state index contributed by atoms with van der Waals surface area (Å²) >= 11 is 0. The molecule has 14 heavy (non-hydrogen) atoms. The maximum atomic E-state index is 11.5. The summed E-state index contributed by atoms with van der Waals surface area (Å²) < 4.78 is 0. The van der Waals surface area contributed by atoms with Crippen LogP contribution in [0.5, 0.6) is 0 Å². The first-order valence-corrected chi connectivity index (χ1v) is 4.03. The molecule has 1 N–H and O–H groups in total. The second kappa shape index (κ2) is 4.83. The van der Waals surface area contributed by atoms with Crippen molar-refractivity contribution in [2.45, 2.75) is 13.0 Å².